The highest BCUT2D eigenvalue weighted by Gasteiger charge is 2.29. The van der Waals surface area contributed by atoms with E-state index in [1.807, 2.05) is 25.7 Å². The molecule has 1 amide bonds. The molecule has 1 heterocycles. The number of rotatable bonds is 3. The average molecular weight is 377 g/mol. The molecule has 0 bridgehead atoms. The molecule has 2 N–H and O–H groups in total. The number of sulfone groups is 1. The van der Waals surface area contributed by atoms with Crippen LogP contribution in [0.1, 0.15) is 41.5 Å². The summed E-state index contributed by atoms with van der Waals surface area (Å²) in [6.45, 7) is 12.7. The van der Waals surface area contributed by atoms with E-state index in [-0.39, 0.29) is 18.4 Å². The topological polar surface area (TPSA) is 105 Å². The summed E-state index contributed by atoms with van der Waals surface area (Å²) in [6, 6.07) is 0. The largest absolute Gasteiger partial charge is 0.444 e. The third-order valence-corrected chi connectivity index (χ3v) is 6.41. The van der Waals surface area contributed by atoms with Gasteiger partial charge in [0.1, 0.15) is 5.60 Å². The number of hydrogen-bond donors (Lipinski definition) is 1. The van der Waals surface area contributed by atoms with Crippen LogP contribution in [0.25, 0.3) is 0 Å². The van der Waals surface area contributed by atoms with Crippen LogP contribution in [0.4, 0.5) is 4.79 Å². The predicted octanol–water partition coefficient (Wildman–Crippen LogP) is 1.07. The minimum absolute atomic E-state index is 0.0327. The molecule has 8 nitrogen and oxygen atoms in total. The van der Waals surface area contributed by atoms with Crippen LogP contribution in [0.2, 0.25) is 0 Å². The maximum atomic E-state index is 12.1. The molecular formula is C16H32N4O4S. The van der Waals surface area contributed by atoms with Crippen molar-refractivity contribution in [2.24, 2.45) is 10.7 Å². The zero-order valence-corrected chi connectivity index (χ0v) is 17.0. The molecule has 146 valence electrons. The van der Waals surface area contributed by atoms with Gasteiger partial charge in [0.25, 0.3) is 0 Å². The van der Waals surface area contributed by atoms with Crippen molar-refractivity contribution < 1.29 is 17.9 Å². The first-order valence-corrected chi connectivity index (χ1v) is 10.1. The van der Waals surface area contributed by atoms with Crippen LogP contribution < -0.4 is 5.73 Å². The first-order valence-electron chi connectivity index (χ1n) is 8.48. The van der Waals surface area contributed by atoms with Crippen molar-refractivity contribution in [2.45, 2.75) is 51.9 Å². The Bertz CT molecular complexity index is 595. The zero-order chi connectivity index (χ0) is 19.5. The van der Waals surface area contributed by atoms with Gasteiger partial charge in [-0.25, -0.2) is 13.2 Å². The number of hydrogen-bond acceptors (Lipinski definition) is 5. The second kappa shape index (κ2) is 7.80. The van der Waals surface area contributed by atoms with Gasteiger partial charge in [0.05, 0.1) is 17.0 Å². The molecule has 1 saturated heterocycles. The van der Waals surface area contributed by atoms with Gasteiger partial charge in [-0.2, -0.15) is 0 Å². The lowest BCUT2D eigenvalue weighted by Gasteiger charge is -2.36. The molecule has 0 saturated carbocycles. The quantitative estimate of drug-likeness (QED) is 0.583. The molecule has 1 aliphatic rings. The Morgan fingerprint density at radius 2 is 1.52 bits per heavy atom. The van der Waals surface area contributed by atoms with Crippen molar-refractivity contribution in [3.8, 4) is 0 Å². The monoisotopic (exact) mass is 376 g/mol. The fourth-order valence-electron chi connectivity index (χ4n) is 2.13. The Labute approximate surface area is 151 Å². The molecule has 1 aliphatic heterocycles. The summed E-state index contributed by atoms with van der Waals surface area (Å²) in [5, 5.41) is 0. The molecule has 0 radical (unpaired) electrons. The molecule has 1 fully saturated rings. The summed E-state index contributed by atoms with van der Waals surface area (Å²) in [4.78, 5) is 19.7. The van der Waals surface area contributed by atoms with Crippen LogP contribution >= 0.6 is 0 Å². The summed E-state index contributed by atoms with van der Waals surface area (Å²) < 4.78 is 28.7. The normalized spacial score (nSPS) is 17.6. The highest BCUT2D eigenvalue weighted by molar-refractivity contribution is 7.92. The number of carbonyl (C=O) groups excluding carboxylic acids is 1. The minimum atomic E-state index is -3.21. The van der Waals surface area contributed by atoms with Gasteiger partial charge in [0, 0.05) is 26.2 Å². The van der Waals surface area contributed by atoms with Crippen LogP contribution in [-0.4, -0.2) is 79.1 Å². The van der Waals surface area contributed by atoms with E-state index in [2.05, 4.69) is 4.99 Å². The number of amides is 1. The van der Waals surface area contributed by atoms with E-state index >= 15 is 0 Å². The fourth-order valence-corrected chi connectivity index (χ4v) is 3.08. The lowest BCUT2D eigenvalue weighted by atomic mass is 10.2. The van der Waals surface area contributed by atoms with Crippen LogP contribution in [0.5, 0.6) is 0 Å². The third kappa shape index (κ3) is 6.72. The van der Waals surface area contributed by atoms with E-state index in [0.717, 1.165) is 0 Å². The number of aliphatic imine (C=N–C) groups is 1. The molecule has 9 heteroatoms. The van der Waals surface area contributed by atoms with E-state index in [1.54, 1.807) is 25.7 Å². The average Bonchev–Trinajstić information content (AvgIpc) is 2.44. The Hall–Kier alpha value is -1.51. The Kier molecular flexibility index (Phi) is 6.72. The van der Waals surface area contributed by atoms with Gasteiger partial charge in [-0.15, -0.1) is 0 Å². The number of guanidine groups is 1. The molecule has 0 aliphatic carbocycles. The maximum absolute atomic E-state index is 12.1. The molecule has 0 spiro atoms. The first-order chi connectivity index (χ1) is 11.2. The van der Waals surface area contributed by atoms with Gasteiger partial charge >= 0.3 is 6.09 Å². The van der Waals surface area contributed by atoms with Crippen LogP contribution in [-0.2, 0) is 14.6 Å². The summed E-state index contributed by atoms with van der Waals surface area (Å²) in [6.07, 6.45) is -0.334. The molecular weight excluding hydrogens is 344 g/mol. The van der Waals surface area contributed by atoms with Gasteiger partial charge in [-0.05, 0) is 41.5 Å². The number of ether oxygens (including phenoxy) is 1. The smallest absolute Gasteiger partial charge is 0.410 e. The van der Waals surface area contributed by atoms with Gasteiger partial charge in [0.2, 0.25) is 0 Å². The second-order valence-corrected chi connectivity index (χ2v) is 11.0. The Morgan fingerprint density at radius 3 is 1.96 bits per heavy atom. The van der Waals surface area contributed by atoms with Crippen LogP contribution in [0.3, 0.4) is 0 Å². The molecule has 0 atom stereocenters. The molecule has 0 aromatic carbocycles. The summed E-state index contributed by atoms with van der Waals surface area (Å²) >= 11 is 0. The van der Waals surface area contributed by atoms with Crippen LogP contribution in [0, 0.1) is 0 Å². The van der Waals surface area contributed by atoms with Crippen molar-refractivity contribution in [1.29, 1.82) is 0 Å². The molecule has 0 unspecified atom stereocenters. The predicted molar refractivity (Wildman–Crippen MR) is 99.4 cm³/mol. The van der Waals surface area contributed by atoms with E-state index in [0.29, 0.717) is 32.1 Å². The van der Waals surface area contributed by atoms with Crippen molar-refractivity contribution in [3.63, 3.8) is 0 Å². The number of piperazine rings is 1. The Morgan fingerprint density at radius 1 is 1.04 bits per heavy atom. The van der Waals surface area contributed by atoms with E-state index in [9.17, 15) is 13.2 Å². The minimum Gasteiger partial charge on any atom is -0.444 e. The highest BCUT2D eigenvalue weighted by Crippen LogP contribution is 2.16. The first kappa shape index (κ1) is 21.5. The molecule has 25 heavy (non-hydrogen) atoms. The molecule has 0 aromatic heterocycles. The van der Waals surface area contributed by atoms with Gasteiger partial charge in [-0.3, -0.25) is 4.99 Å². The van der Waals surface area contributed by atoms with Crippen molar-refractivity contribution in [3.05, 3.63) is 0 Å². The Balaban J connectivity index is 2.50. The SMILES string of the molecule is CC(C)(C)OC(=O)N1CCN(C(N)=NCCS(=O)(=O)C(C)(C)C)CC1. The maximum Gasteiger partial charge on any atom is 0.410 e. The van der Waals surface area contributed by atoms with E-state index in [1.165, 1.54) is 0 Å². The van der Waals surface area contributed by atoms with E-state index in [4.69, 9.17) is 10.5 Å². The van der Waals surface area contributed by atoms with Crippen LogP contribution in [0.15, 0.2) is 4.99 Å². The number of nitrogens with zero attached hydrogens (tertiary/aromatic N) is 3. The fraction of sp³-hybridized carbons (Fsp3) is 0.875. The summed E-state index contributed by atoms with van der Waals surface area (Å²) in [5.74, 6) is 0.280. The van der Waals surface area contributed by atoms with Crippen molar-refractivity contribution >= 4 is 21.9 Å². The van der Waals surface area contributed by atoms with Crippen molar-refractivity contribution in [1.82, 2.24) is 9.80 Å². The van der Waals surface area contributed by atoms with Gasteiger partial charge in [-0.1, -0.05) is 0 Å². The van der Waals surface area contributed by atoms with Crippen molar-refractivity contribution in [2.75, 3.05) is 38.5 Å². The standard InChI is InChI=1S/C16H32N4O4S/c1-15(2,3)24-14(21)20-10-8-19(9-11-20)13(17)18-7-12-25(22,23)16(4,5)6/h7-12H2,1-6H3,(H2,17,18). The lowest BCUT2D eigenvalue weighted by Crippen LogP contribution is -2.53. The number of carbonyl (C=O) groups is 1. The lowest BCUT2D eigenvalue weighted by molar-refractivity contribution is 0.0186. The summed E-state index contributed by atoms with van der Waals surface area (Å²) in [5.41, 5.74) is 5.44. The molecule has 0 aromatic rings. The zero-order valence-electron chi connectivity index (χ0n) is 16.2. The van der Waals surface area contributed by atoms with Gasteiger partial charge < -0.3 is 20.3 Å². The van der Waals surface area contributed by atoms with E-state index < -0.39 is 20.2 Å². The second-order valence-electron chi connectivity index (χ2n) is 8.13. The third-order valence-electron chi connectivity index (χ3n) is 3.82. The number of nitrogens with two attached hydrogens (primary N) is 1. The van der Waals surface area contributed by atoms with Gasteiger partial charge in [0.15, 0.2) is 15.8 Å². The highest BCUT2D eigenvalue weighted by atomic mass is 32.2. The molecule has 1 rings (SSSR count). The summed E-state index contributed by atoms with van der Waals surface area (Å²) in [7, 11) is -3.21.